The van der Waals surface area contributed by atoms with Gasteiger partial charge in [0, 0.05) is 6.42 Å². The minimum atomic E-state index is -0.254. The lowest BCUT2D eigenvalue weighted by molar-refractivity contribution is -0.142. The number of allylic oxidation sites excluding steroid dienone is 1. The Balaban J connectivity index is 3.27. The molecule has 0 heterocycles. The third-order valence-electron chi connectivity index (χ3n) is 0.844. The Morgan fingerprint density at radius 1 is 1.60 bits per heavy atom. The molecule has 0 aliphatic heterocycles. The highest BCUT2D eigenvalue weighted by molar-refractivity contribution is 5.69. The fourth-order valence-electron chi connectivity index (χ4n) is 0.354. The van der Waals surface area contributed by atoms with Gasteiger partial charge in [0.1, 0.15) is 12.9 Å². The van der Waals surface area contributed by atoms with Crippen LogP contribution in [0.1, 0.15) is 13.3 Å². The van der Waals surface area contributed by atoms with Crippen LogP contribution in [0.25, 0.3) is 0 Å². The van der Waals surface area contributed by atoms with E-state index in [-0.39, 0.29) is 12.6 Å². The van der Waals surface area contributed by atoms with E-state index < -0.39 is 0 Å². The normalized spacial score (nSPS) is 9.70. The van der Waals surface area contributed by atoms with Gasteiger partial charge in [-0.05, 0) is 12.2 Å². The van der Waals surface area contributed by atoms with E-state index in [2.05, 4.69) is 4.74 Å². The van der Waals surface area contributed by atoms with Crippen LogP contribution in [0.15, 0.2) is 12.2 Å². The van der Waals surface area contributed by atoms with Crippen molar-refractivity contribution in [1.29, 1.82) is 0 Å². The Bertz CT molecular complexity index is 138. The van der Waals surface area contributed by atoms with E-state index in [9.17, 15) is 9.59 Å². The van der Waals surface area contributed by atoms with Crippen molar-refractivity contribution in [2.45, 2.75) is 13.3 Å². The third-order valence-corrected chi connectivity index (χ3v) is 0.844. The highest BCUT2D eigenvalue weighted by atomic mass is 16.5. The molecular formula is C7H10O3. The predicted molar refractivity (Wildman–Crippen MR) is 36.5 cm³/mol. The molecule has 0 saturated carbocycles. The number of carbonyl (C=O) groups excluding carboxylic acids is 2. The maximum Gasteiger partial charge on any atom is 0.305 e. The van der Waals surface area contributed by atoms with Crippen LogP contribution in [-0.4, -0.2) is 18.9 Å². The Morgan fingerprint density at radius 2 is 2.30 bits per heavy atom. The quantitative estimate of drug-likeness (QED) is 0.329. The Morgan fingerprint density at radius 3 is 2.80 bits per heavy atom. The molecule has 0 fully saturated rings. The number of carbonyl (C=O) groups is 2. The second kappa shape index (κ2) is 6.01. The first kappa shape index (κ1) is 8.88. The molecule has 0 N–H and O–H groups in total. The summed E-state index contributed by atoms with van der Waals surface area (Å²) in [7, 11) is 0. The molecule has 0 rings (SSSR count). The van der Waals surface area contributed by atoms with Crippen LogP contribution in [0, 0.1) is 0 Å². The second-order valence-corrected chi connectivity index (χ2v) is 1.60. The molecule has 0 amide bonds. The molecule has 56 valence electrons. The van der Waals surface area contributed by atoms with Gasteiger partial charge in [-0.1, -0.05) is 6.92 Å². The van der Waals surface area contributed by atoms with Crippen molar-refractivity contribution in [3.63, 3.8) is 0 Å². The van der Waals surface area contributed by atoms with Gasteiger partial charge < -0.3 is 4.74 Å². The van der Waals surface area contributed by atoms with Gasteiger partial charge >= 0.3 is 5.97 Å². The molecule has 0 aromatic rings. The molecule has 0 atom stereocenters. The molecule has 0 bridgehead atoms. The summed E-state index contributed by atoms with van der Waals surface area (Å²) in [6.07, 6.45) is 3.79. The SMILES string of the molecule is CCC(=O)OCC=CC=O. The molecule has 0 saturated heterocycles. The molecule has 0 spiro atoms. The highest BCUT2D eigenvalue weighted by Gasteiger charge is 1.92. The van der Waals surface area contributed by atoms with E-state index in [1.165, 1.54) is 12.2 Å². The van der Waals surface area contributed by atoms with Crippen LogP contribution in [0.3, 0.4) is 0 Å². The van der Waals surface area contributed by atoms with Gasteiger partial charge in [-0.25, -0.2) is 0 Å². The largest absolute Gasteiger partial charge is 0.461 e. The summed E-state index contributed by atoms with van der Waals surface area (Å²) in [6.45, 7) is 1.90. The molecule has 0 aromatic heterocycles. The van der Waals surface area contributed by atoms with Gasteiger partial charge in [-0.15, -0.1) is 0 Å². The van der Waals surface area contributed by atoms with E-state index in [4.69, 9.17) is 0 Å². The number of hydrogen-bond acceptors (Lipinski definition) is 3. The number of aldehydes is 1. The molecule has 0 aliphatic carbocycles. The van der Waals surface area contributed by atoms with Crippen LogP contribution >= 0.6 is 0 Å². The number of ether oxygens (including phenoxy) is 1. The zero-order chi connectivity index (χ0) is 7.82. The molecule has 3 heteroatoms. The molecule has 10 heavy (non-hydrogen) atoms. The van der Waals surface area contributed by atoms with Crippen molar-refractivity contribution < 1.29 is 14.3 Å². The summed E-state index contributed by atoms with van der Waals surface area (Å²) in [5, 5.41) is 0. The Labute approximate surface area is 59.7 Å². The number of rotatable bonds is 4. The van der Waals surface area contributed by atoms with E-state index >= 15 is 0 Å². The van der Waals surface area contributed by atoms with Gasteiger partial charge in [0.15, 0.2) is 0 Å². The summed E-state index contributed by atoms with van der Waals surface area (Å²) < 4.78 is 4.61. The van der Waals surface area contributed by atoms with E-state index in [1.807, 2.05) is 0 Å². The van der Waals surface area contributed by atoms with E-state index in [1.54, 1.807) is 6.92 Å². The summed E-state index contributed by atoms with van der Waals surface area (Å²) in [4.78, 5) is 20.1. The summed E-state index contributed by atoms with van der Waals surface area (Å²) in [6, 6.07) is 0. The van der Waals surface area contributed by atoms with Crippen molar-refractivity contribution in [1.82, 2.24) is 0 Å². The second-order valence-electron chi connectivity index (χ2n) is 1.60. The zero-order valence-electron chi connectivity index (χ0n) is 5.87. The summed E-state index contributed by atoms with van der Waals surface area (Å²) in [5.41, 5.74) is 0. The predicted octanol–water partition coefficient (Wildman–Crippen LogP) is 0.695. The molecule has 3 nitrogen and oxygen atoms in total. The average Bonchev–Trinajstić information content (AvgIpc) is 1.98. The molecular weight excluding hydrogens is 132 g/mol. The lowest BCUT2D eigenvalue weighted by atomic mass is 10.5. The van der Waals surface area contributed by atoms with Crippen molar-refractivity contribution in [3.8, 4) is 0 Å². The maximum absolute atomic E-state index is 10.4. The molecule has 0 aromatic carbocycles. The monoisotopic (exact) mass is 142 g/mol. The highest BCUT2D eigenvalue weighted by Crippen LogP contribution is 1.83. The van der Waals surface area contributed by atoms with Crippen molar-refractivity contribution in [3.05, 3.63) is 12.2 Å². The minimum Gasteiger partial charge on any atom is -0.461 e. The third kappa shape index (κ3) is 5.03. The van der Waals surface area contributed by atoms with E-state index in [0.717, 1.165) is 0 Å². The first-order valence-corrected chi connectivity index (χ1v) is 3.07. The number of esters is 1. The van der Waals surface area contributed by atoms with Crippen LogP contribution in [-0.2, 0) is 14.3 Å². The fraction of sp³-hybridized carbons (Fsp3) is 0.429. The number of hydrogen-bond donors (Lipinski definition) is 0. The van der Waals surface area contributed by atoms with Gasteiger partial charge in [0.2, 0.25) is 0 Å². The average molecular weight is 142 g/mol. The first-order valence-electron chi connectivity index (χ1n) is 3.07. The molecule has 0 aliphatic rings. The molecule has 0 radical (unpaired) electrons. The van der Waals surface area contributed by atoms with Gasteiger partial charge in [-0.2, -0.15) is 0 Å². The van der Waals surface area contributed by atoms with E-state index in [0.29, 0.717) is 12.7 Å². The van der Waals surface area contributed by atoms with Crippen molar-refractivity contribution in [2.75, 3.05) is 6.61 Å². The summed E-state index contributed by atoms with van der Waals surface area (Å²) >= 11 is 0. The topological polar surface area (TPSA) is 43.4 Å². The van der Waals surface area contributed by atoms with Gasteiger partial charge in [0.25, 0.3) is 0 Å². The maximum atomic E-state index is 10.4. The zero-order valence-corrected chi connectivity index (χ0v) is 5.87. The van der Waals surface area contributed by atoms with Crippen molar-refractivity contribution in [2.24, 2.45) is 0 Å². The lowest BCUT2D eigenvalue weighted by Crippen LogP contribution is -2.01. The molecule has 0 unspecified atom stereocenters. The van der Waals surface area contributed by atoms with Gasteiger partial charge in [0.05, 0.1) is 0 Å². The Hall–Kier alpha value is -1.12. The van der Waals surface area contributed by atoms with Crippen LogP contribution in [0.2, 0.25) is 0 Å². The van der Waals surface area contributed by atoms with Crippen molar-refractivity contribution >= 4 is 12.3 Å². The first-order chi connectivity index (χ1) is 4.81. The van der Waals surface area contributed by atoms with Gasteiger partial charge in [-0.3, -0.25) is 9.59 Å². The minimum absolute atomic E-state index is 0.186. The summed E-state index contributed by atoms with van der Waals surface area (Å²) in [5.74, 6) is -0.254. The fourth-order valence-corrected chi connectivity index (χ4v) is 0.354. The van der Waals surface area contributed by atoms with Crippen LogP contribution in [0.5, 0.6) is 0 Å². The van der Waals surface area contributed by atoms with Crippen LogP contribution < -0.4 is 0 Å². The standard InChI is InChI=1S/C7H10O3/c1-2-7(9)10-6-4-3-5-8/h3-5H,2,6H2,1H3. The Kier molecular flexibility index (Phi) is 5.33. The lowest BCUT2D eigenvalue weighted by Gasteiger charge is -1.95. The van der Waals surface area contributed by atoms with Crippen LogP contribution in [0.4, 0.5) is 0 Å². The smallest absolute Gasteiger partial charge is 0.305 e.